The highest BCUT2D eigenvalue weighted by atomic mass is 35.5. The number of allylic oxidation sites excluding steroid dienone is 1. The van der Waals surface area contributed by atoms with E-state index in [-0.39, 0.29) is 0 Å². The minimum Gasteiger partial charge on any atom is -0.423 e. The number of hydrogen-bond donors (Lipinski definition) is 1. The lowest BCUT2D eigenvalue weighted by Crippen LogP contribution is -2.07. The van der Waals surface area contributed by atoms with Crippen LogP contribution in [0, 0.1) is 0 Å². The number of rotatable bonds is 5. The van der Waals surface area contributed by atoms with E-state index in [1.807, 2.05) is 6.08 Å². The molecule has 0 atom stereocenters. The van der Waals surface area contributed by atoms with Crippen molar-refractivity contribution >= 4 is 19.0 Å². The normalized spacial score (nSPS) is 10.7. The van der Waals surface area contributed by atoms with E-state index in [9.17, 15) is 0 Å². The average molecular weight is 162 g/mol. The van der Waals surface area contributed by atoms with Crippen molar-refractivity contribution in [3.05, 3.63) is 12.1 Å². The third kappa shape index (κ3) is 6.14. The fraction of sp³-hybridized carbons (Fsp3) is 0.667. The second-order valence-electron chi connectivity index (χ2n) is 2.05. The third-order valence-corrected chi connectivity index (χ3v) is 1.30. The third-order valence-electron chi connectivity index (χ3n) is 1.12. The molecule has 0 aliphatic carbocycles. The molecule has 0 unspecified atom stereocenters. The van der Waals surface area contributed by atoms with E-state index in [0.717, 1.165) is 19.3 Å². The molecule has 0 saturated carbocycles. The summed E-state index contributed by atoms with van der Waals surface area (Å²) in [5.41, 5.74) is 0. The van der Waals surface area contributed by atoms with E-state index >= 15 is 0 Å². The Morgan fingerprint density at radius 2 is 2.40 bits per heavy atom. The summed E-state index contributed by atoms with van der Waals surface area (Å²) < 4.78 is 4.07. The van der Waals surface area contributed by atoms with Gasteiger partial charge in [0.2, 0.25) is 0 Å². The molecule has 0 aromatic rings. The van der Waals surface area contributed by atoms with Crippen LogP contribution >= 0.6 is 11.9 Å². The van der Waals surface area contributed by atoms with Crippen LogP contribution < -0.4 is 0 Å². The summed E-state index contributed by atoms with van der Waals surface area (Å²) in [6, 6.07) is 0. The zero-order valence-electron chi connectivity index (χ0n) is 6.09. The van der Waals surface area contributed by atoms with Gasteiger partial charge in [-0.1, -0.05) is 31.8 Å². The Hall–Kier alpha value is 0.0149. The summed E-state index contributed by atoms with van der Waals surface area (Å²) in [6.07, 6.45) is 5.11. The average Bonchev–Trinajstić information content (AvgIpc) is 1.98. The molecule has 10 heavy (non-hydrogen) atoms. The van der Waals surface area contributed by atoms with Gasteiger partial charge in [0.05, 0.1) is 0 Å². The van der Waals surface area contributed by atoms with Crippen molar-refractivity contribution in [1.29, 1.82) is 0 Å². The van der Waals surface area contributed by atoms with Crippen molar-refractivity contribution < 1.29 is 9.23 Å². The number of halogens is 1. The second kappa shape index (κ2) is 7.13. The smallest absolute Gasteiger partial charge is 0.423 e. The first-order valence-corrected chi connectivity index (χ1v) is 3.74. The second-order valence-corrected chi connectivity index (χ2v) is 2.23. The topological polar surface area (TPSA) is 29.5 Å². The molecule has 0 aliphatic rings. The van der Waals surface area contributed by atoms with Gasteiger partial charge in [0.25, 0.3) is 0 Å². The quantitative estimate of drug-likeness (QED) is 0.494. The standard InChI is InChI=1S/C6H12BClO2/c1-2-3-4-5-6-7(9)10-8/h5-6,9H,2-4H2,1H3. The van der Waals surface area contributed by atoms with E-state index in [1.165, 1.54) is 5.98 Å². The molecule has 0 heterocycles. The Kier molecular flexibility index (Phi) is 7.14. The number of unbranched alkanes of at least 4 members (excludes halogenated alkanes) is 2. The maximum Gasteiger partial charge on any atom is 0.500 e. The van der Waals surface area contributed by atoms with Crippen molar-refractivity contribution in [2.75, 3.05) is 0 Å². The van der Waals surface area contributed by atoms with Crippen LogP contribution in [0.15, 0.2) is 12.1 Å². The molecule has 0 aliphatic heterocycles. The monoisotopic (exact) mass is 162 g/mol. The Morgan fingerprint density at radius 3 is 2.90 bits per heavy atom. The molecule has 0 aromatic carbocycles. The minimum absolute atomic E-state index is 0.960. The maximum atomic E-state index is 8.72. The van der Waals surface area contributed by atoms with Crippen LogP contribution in [0.4, 0.5) is 0 Å². The molecule has 58 valence electrons. The molecule has 0 bridgehead atoms. The van der Waals surface area contributed by atoms with E-state index in [2.05, 4.69) is 11.1 Å². The van der Waals surface area contributed by atoms with Crippen molar-refractivity contribution in [1.82, 2.24) is 0 Å². The summed E-state index contributed by atoms with van der Waals surface area (Å²) in [5, 5.41) is 8.72. The van der Waals surface area contributed by atoms with Crippen molar-refractivity contribution in [2.45, 2.75) is 26.2 Å². The van der Waals surface area contributed by atoms with Gasteiger partial charge in [0, 0.05) is 11.9 Å². The number of hydrogen-bond acceptors (Lipinski definition) is 2. The van der Waals surface area contributed by atoms with E-state index < -0.39 is 7.12 Å². The van der Waals surface area contributed by atoms with Crippen LogP contribution in [-0.2, 0) is 4.21 Å². The van der Waals surface area contributed by atoms with Gasteiger partial charge in [-0.15, -0.1) is 0 Å². The summed E-state index contributed by atoms with van der Waals surface area (Å²) in [4.78, 5) is 0. The molecule has 1 N–H and O–H groups in total. The van der Waals surface area contributed by atoms with Gasteiger partial charge in [0.1, 0.15) is 0 Å². The highest BCUT2D eigenvalue weighted by molar-refractivity contribution is 6.53. The summed E-state index contributed by atoms with van der Waals surface area (Å²) in [5.74, 6) is 1.53. The van der Waals surface area contributed by atoms with E-state index in [0.29, 0.717) is 0 Å². The fourth-order valence-electron chi connectivity index (χ4n) is 0.564. The van der Waals surface area contributed by atoms with Crippen molar-refractivity contribution in [3.8, 4) is 0 Å². The van der Waals surface area contributed by atoms with Crippen molar-refractivity contribution in [2.24, 2.45) is 0 Å². The molecular weight excluding hydrogens is 150 g/mol. The van der Waals surface area contributed by atoms with Crippen LogP contribution in [0.2, 0.25) is 0 Å². The van der Waals surface area contributed by atoms with E-state index in [1.54, 1.807) is 0 Å². The van der Waals surface area contributed by atoms with Crippen LogP contribution in [0.3, 0.4) is 0 Å². The van der Waals surface area contributed by atoms with Gasteiger partial charge in [-0.2, -0.15) is 0 Å². The van der Waals surface area contributed by atoms with Crippen LogP contribution in [0.5, 0.6) is 0 Å². The van der Waals surface area contributed by atoms with Gasteiger partial charge in [0.15, 0.2) is 0 Å². The molecule has 0 saturated heterocycles. The van der Waals surface area contributed by atoms with Crippen LogP contribution in [-0.4, -0.2) is 12.1 Å². The molecular formula is C6H12BClO2. The molecule has 0 aromatic heterocycles. The van der Waals surface area contributed by atoms with Gasteiger partial charge in [-0.3, -0.25) is 0 Å². The maximum absolute atomic E-state index is 8.72. The zero-order chi connectivity index (χ0) is 7.82. The lowest BCUT2D eigenvalue weighted by Gasteiger charge is -1.91. The van der Waals surface area contributed by atoms with Crippen LogP contribution in [0.1, 0.15) is 26.2 Å². The molecule has 2 nitrogen and oxygen atoms in total. The summed E-state index contributed by atoms with van der Waals surface area (Å²) >= 11 is 4.86. The molecule has 4 heteroatoms. The first-order valence-electron chi connectivity index (χ1n) is 3.43. The Labute approximate surface area is 67.2 Å². The predicted octanol–water partition coefficient (Wildman–Crippen LogP) is 1.92. The largest absolute Gasteiger partial charge is 0.500 e. The van der Waals surface area contributed by atoms with E-state index in [4.69, 9.17) is 16.9 Å². The molecule has 0 amide bonds. The van der Waals surface area contributed by atoms with Gasteiger partial charge >= 0.3 is 7.12 Å². The minimum atomic E-state index is -0.960. The molecule has 0 radical (unpaired) electrons. The Morgan fingerprint density at radius 1 is 1.70 bits per heavy atom. The molecule has 0 fully saturated rings. The Bertz CT molecular complexity index is 97.7. The fourth-order valence-corrected chi connectivity index (χ4v) is 0.624. The Balaban J connectivity index is 3.18. The highest BCUT2D eigenvalue weighted by Crippen LogP contribution is 1.96. The first kappa shape index (κ1) is 10.0. The zero-order valence-corrected chi connectivity index (χ0v) is 6.84. The van der Waals surface area contributed by atoms with Crippen LogP contribution in [0.25, 0.3) is 0 Å². The first-order chi connectivity index (χ1) is 4.81. The lowest BCUT2D eigenvalue weighted by molar-refractivity contribution is 0.455. The highest BCUT2D eigenvalue weighted by Gasteiger charge is 2.03. The van der Waals surface area contributed by atoms with Gasteiger partial charge in [-0.05, 0) is 6.42 Å². The molecule has 0 spiro atoms. The van der Waals surface area contributed by atoms with Gasteiger partial charge < -0.3 is 9.23 Å². The predicted molar refractivity (Wildman–Crippen MR) is 43.6 cm³/mol. The summed E-state index contributed by atoms with van der Waals surface area (Å²) in [6.45, 7) is 2.11. The molecule has 0 rings (SSSR count). The van der Waals surface area contributed by atoms with Crippen molar-refractivity contribution in [3.63, 3.8) is 0 Å². The SMILES string of the molecule is CCCCC=CB(O)OCl. The summed E-state index contributed by atoms with van der Waals surface area (Å²) in [7, 11) is -0.960. The van der Waals surface area contributed by atoms with Gasteiger partial charge in [-0.25, -0.2) is 0 Å². The lowest BCUT2D eigenvalue weighted by atomic mass is 9.91.